The second-order valence-corrected chi connectivity index (χ2v) is 4.48. The molecule has 2 N–H and O–H groups in total. The number of methoxy groups -OCH3 is 1. The Morgan fingerprint density at radius 2 is 1.75 bits per heavy atom. The molecule has 1 aliphatic carbocycles. The summed E-state index contributed by atoms with van der Waals surface area (Å²) >= 11 is 0. The largest absolute Gasteiger partial charge is 0.480 e. The van der Waals surface area contributed by atoms with E-state index in [4.69, 9.17) is 10.5 Å². The second-order valence-electron chi connectivity index (χ2n) is 4.48. The fraction of sp³-hybridized carbons (Fsp3) is 0.667. The van der Waals surface area contributed by atoms with Gasteiger partial charge in [0, 0.05) is 12.4 Å². The summed E-state index contributed by atoms with van der Waals surface area (Å²) in [7, 11) is 1.62. The number of rotatable bonds is 2. The van der Waals surface area contributed by atoms with Gasteiger partial charge >= 0.3 is 0 Å². The van der Waals surface area contributed by atoms with Crippen LogP contribution in [0.3, 0.4) is 0 Å². The Morgan fingerprint density at radius 3 is 2.38 bits per heavy atom. The zero-order valence-electron chi connectivity index (χ0n) is 9.78. The van der Waals surface area contributed by atoms with Crippen LogP contribution in [0.1, 0.15) is 44.2 Å². The highest BCUT2D eigenvalue weighted by Crippen LogP contribution is 2.35. The van der Waals surface area contributed by atoms with Crippen molar-refractivity contribution in [1.82, 2.24) is 9.97 Å². The average molecular weight is 221 g/mol. The van der Waals surface area contributed by atoms with E-state index in [-0.39, 0.29) is 5.54 Å². The minimum atomic E-state index is -0.351. The Hall–Kier alpha value is -1.16. The molecule has 0 aromatic carbocycles. The minimum Gasteiger partial charge on any atom is -0.480 e. The summed E-state index contributed by atoms with van der Waals surface area (Å²) in [5, 5.41) is 0. The summed E-state index contributed by atoms with van der Waals surface area (Å²) in [5.74, 6) is 0.576. The van der Waals surface area contributed by atoms with Gasteiger partial charge in [-0.2, -0.15) is 0 Å². The summed E-state index contributed by atoms with van der Waals surface area (Å²) < 4.78 is 5.25. The Kier molecular flexibility index (Phi) is 3.39. The summed E-state index contributed by atoms with van der Waals surface area (Å²) in [6.07, 6.45) is 10.1. The average Bonchev–Trinajstić information content (AvgIpc) is 2.55. The summed E-state index contributed by atoms with van der Waals surface area (Å²) in [6.45, 7) is 0. The molecular weight excluding hydrogens is 202 g/mol. The molecule has 1 aromatic heterocycles. The van der Waals surface area contributed by atoms with Crippen LogP contribution in [0.15, 0.2) is 12.4 Å². The summed E-state index contributed by atoms with van der Waals surface area (Å²) in [5.41, 5.74) is 6.94. The normalized spacial score (nSPS) is 20.1. The number of nitrogens with zero attached hydrogens (tertiary/aromatic N) is 2. The molecule has 0 bridgehead atoms. The SMILES string of the molecule is COc1nccnc1C1(N)CCCCCC1. The van der Waals surface area contributed by atoms with Crippen LogP contribution in [0, 0.1) is 0 Å². The van der Waals surface area contributed by atoms with E-state index in [1.165, 1.54) is 12.8 Å². The monoisotopic (exact) mass is 221 g/mol. The van der Waals surface area contributed by atoms with Crippen molar-refractivity contribution in [3.05, 3.63) is 18.1 Å². The minimum absolute atomic E-state index is 0.351. The molecular formula is C12H19N3O. The number of ether oxygens (including phenoxy) is 1. The van der Waals surface area contributed by atoms with Crippen LogP contribution in [-0.2, 0) is 5.54 Å². The second kappa shape index (κ2) is 4.78. The molecule has 0 aliphatic heterocycles. The van der Waals surface area contributed by atoms with Crippen LogP contribution in [0.5, 0.6) is 5.88 Å². The summed E-state index contributed by atoms with van der Waals surface area (Å²) in [6, 6.07) is 0. The van der Waals surface area contributed by atoms with E-state index in [1.54, 1.807) is 19.5 Å². The van der Waals surface area contributed by atoms with Crippen molar-refractivity contribution in [2.75, 3.05) is 7.11 Å². The molecule has 4 nitrogen and oxygen atoms in total. The van der Waals surface area contributed by atoms with Crippen LogP contribution in [0.2, 0.25) is 0 Å². The first kappa shape index (κ1) is 11.3. The van der Waals surface area contributed by atoms with E-state index in [1.807, 2.05) is 0 Å². The zero-order chi connectivity index (χ0) is 11.4. The van der Waals surface area contributed by atoms with Gasteiger partial charge in [0.05, 0.1) is 12.6 Å². The third-order valence-electron chi connectivity index (χ3n) is 3.33. The molecule has 16 heavy (non-hydrogen) atoms. The van der Waals surface area contributed by atoms with Crippen molar-refractivity contribution in [1.29, 1.82) is 0 Å². The van der Waals surface area contributed by atoms with Gasteiger partial charge in [0.25, 0.3) is 0 Å². The van der Waals surface area contributed by atoms with E-state index in [0.29, 0.717) is 5.88 Å². The van der Waals surface area contributed by atoms with Crippen molar-refractivity contribution in [2.45, 2.75) is 44.1 Å². The number of nitrogens with two attached hydrogens (primary N) is 1. The van der Waals surface area contributed by atoms with E-state index >= 15 is 0 Å². The van der Waals surface area contributed by atoms with E-state index < -0.39 is 0 Å². The van der Waals surface area contributed by atoms with Gasteiger partial charge in [0.1, 0.15) is 5.69 Å². The highest BCUT2D eigenvalue weighted by Gasteiger charge is 2.33. The third-order valence-corrected chi connectivity index (χ3v) is 3.33. The predicted molar refractivity (Wildman–Crippen MR) is 62.2 cm³/mol. The molecule has 0 unspecified atom stereocenters. The first-order chi connectivity index (χ1) is 7.76. The maximum Gasteiger partial charge on any atom is 0.237 e. The Balaban J connectivity index is 2.32. The fourth-order valence-electron chi connectivity index (χ4n) is 2.41. The number of hydrogen-bond donors (Lipinski definition) is 1. The first-order valence-electron chi connectivity index (χ1n) is 5.91. The molecule has 1 fully saturated rings. The van der Waals surface area contributed by atoms with Gasteiger partial charge in [-0.3, -0.25) is 4.98 Å². The Morgan fingerprint density at radius 1 is 1.12 bits per heavy atom. The Bertz CT molecular complexity index is 346. The van der Waals surface area contributed by atoms with Crippen molar-refractivity contribution in [3.8, 4) is 5.88 Å². The molecule has 88 valence electrons. The maximum atomic E-state index is 6.47. The molecule has 0 saturated heterocycles. The van der Waals surface area contributed by atoms with E-state index in [2.05, 4.69) is 9.97 Å². The van der Waals surface area contributed by atoms with Gasteiger partial charge in [0.2, 0.25) is 5.88 Å². The van der Waals surface area contributed by atoms with Gasteiger partial charge in [-0.1, -0.05) is 25.7 Å². The van der Waals surface area contributed by atoms with Crippen LogP contribution in [0.4, 0.5) is 0 Å². The molecule has 0 spiro atoms. The van der Waals surface area contributed by atoms with Gasteiger partial charge < -0.3 is 10.5 Å². The lowest BCUT2D eigenvalue weighted by Crippen LogP contribution is -2.37. The first-order valence-corrected chi connectivity index (χ1v) is 5.91. The van der Waals surface area contributed by atoms with Crippen LogP contribution in [0.25, 0.3) is 0 Å². The lowest BCUT2D eigenvalue weighted by molar-refractivity contribution is 0.329. The number of aromatic nitrogens is 2. The lowest BCUT2D eigenvalue weighted by atomic mass is 9.88. The number of hydrogen-bond acceptors (Lipinski definition) is 4. The molecule has 1 heterocycles. The van der Waals surface area contributed by atoms with Crippen molar-refractivity contribution >= 4 is 0 Å². The van der Waals surface area contributed by atoms with Gasteiger partial charge in [-0.05, 0) is 12.8 Å². The third kappa shape index (κ3) is 2.16. The highest BCUT2D eigenvalue weighted by molar-refractivity contribution is 5.26. The zero-order valence-corrected chi connectivity index (χ0v) is 9.78. The van der Waals surface area contributed by atoms with E-state index in [0.717, 1.165) is 31.4 Å². The molecule has 1 aromatic rings. The molecule has 0 amide bonds. The molecule has 2 rings (SSSR count). The topological polar surface area (TPSA) is 61.0 Å². The quantitative estimate of drug-likeness (QED) is 0.776. The van der Waals surface area contributed by atoms with Crippen molar-refractivity contribution in [2.24, 2.45) is 5.73 Å². The molecule has 0 radical (unpaired) electrons. The fourth-order valence-corrected chi connectivity index (χ4v) is 2.41. The lowest BCUT2D eigenvalue weighted by Gasteiger charge is -2.27. The van der Waals surface area contributed by atoms with Crippen molar-refractivity contribution < 1.29 is 4.74 Å². The maximum absolute atomic E-state index is 6.47. The highest BCUT2D eigenvalue weighted by atomic mass is 16.5. The predicted octanol–water partition coefficient (Wildman–Crippen LogP) is 1.99. The van der Waals surface area contributed by atoms with Gasteiger partial charge in [0.15, 0.2) is 0 Å². The summed E-state index contributed by atoms with van der Waals surface area (Å²) in [4.78, 5) is 8.56. The van der Waals surface area contributed by atoms with E-state index in [9.17, 15) is 0 Å². The molecule has 4 heteroatoms. The van der Waals surface area contributed by atoms with Gasteiger partial charge in [-0.25, -0.2) is 4.98 Å². The Labute approximate surface area is 96.2 Å². The van der Waals surface area contributed by atoms with Crippen molar-refractivity contribution in [3.63, 3.8) is 0 Å². The smallest absolute Gasteiger partial charge is 0.237 e. The standard InChI is InChI=1S/C12H19N3O/c1-16-11-10(14-8-9-15-11)12(13)6-4-2-3-5-7-12/h8-9H,2-7,13H2,1H3. The molecule has 0 atom stereocenters. The molecule has 1 aliphatic rings. The van der Waals surface area contributed by atoms with Crippen LogP contribution in [-0.4, -0.2) is 17.1 Å². The van der Waals surface area contributed by atoms with Crippen LogP contribution >= 0.6 is 0 Å². The van der Waals surface area contributed by atoms with Crippen LogP contribution < -0.4 is 10.5 Å². The molecule has 1 saturated carbocycles. The van der Waals surface area contributed by atoms with Gasteiger partial charge in [-0.15, -0.1) is 0 Å².